The number of carbonyl (C=O) groups is 1. The normalized spacial score (nSPS) is 10.1. The first kappa shape index (κ1) is 35.2. The van der Waals surface area contributed by atoms with E-state index in [2.05, 4.69) is 58.9 Å². The maximum Gasteiger partial charge on any atom is 1.00 e. The molecule has 45 heavy (non-hydrogen) atoms. The molecule has 0 aliphatic heterocycles. The Bertz CT molecular complexity index is 1780. The fourth-order valence-electron chi connectivity index (χ4n) is 4.27. The Morgan fingerprint density at radius 3 is 1.62 bits per heavy atom. The number of pyridine rings is 3. The molecule has 0 unspecified atom stereocenters. The minimum atomic E-state index is -0.470. The predicted molar refractivity (Wildman–Crippen MR) is 175 cm³/mol. The molecule has 0 aliphatic carbocycles. The van der Waals surface area contributed by atoms with Crippen LogP contribution in [0.2, 0.25) is 0 Å². The summed E-state index contributed by atoms with van der Waals surface area (Å²) in [6.45, 7) is 14.3. The molecule has 0 N–H and O–H groups in total. The smallest absolute Gasteiger partial charge is 0.305 e. The second-order valence-corrected chi connectivity index (χ2v) is 10.6. The SMILES string of the molecule is Cc1ccnc(-c2[c-]ccc(C(=O)Cl)c2)c1.Cc1nn(-c2ccccn2)c(C)c1C.Cc1nn(-c2ccccn2)c(C)c1C.[Os+]. The molecule has 0 amide bonds. The summed E-state index contributed by atoms with van der Waals surface area (Å²) in [5.74, 6) is 1.75. The first-order valence-electron chi connectivity index (χ1n) is 14.1. The van der Waals surface area contributed by atoms with Crippen molar-refractivity contribution in [3.8, 4) is 22.9 Å². The summed E-state index contributed by atoms with van der Waals surface area (Å²) in [5, 5.41) is 8.40. The molecule has 6 aromatic rings. The fourth-order valence-corrected chi connectivity index (χ4v) is 4.38. The van der Waals surface area contributed by atoms with Gasteiger partial charge in [-0.15, -0.1) is 29.8 Å². The summed E-state index contributed by atoms with van der Waals surface area (Å²) in [6, 6.07) is 23.5. The van der Waals surface area contributed by atoms with Crippen molar-refractivity contribution < 1.29 is 24.6 Å². The average Bonchev–Trinajstić information content (AvgIpc) is 3.46. The quantitative estimate of drug-likeness (QED) is 0.135. The maximum atomic E-state index is 11.0. The van der Waals surface area contributed by atoms with Crippen LogP contribution in [0.4, 0.5) is 0 Å². The van der Waals surface area contributed by atoms with E-state index in [0.29, 0.717) is 5.56 Å². The van der Waals surface area contributed by atoms with Crippen molar-refractivity contribution in [3.05, 3.63) is 136 Å². The van der Waals surface area contributed by atoms with E-state index in [1.165, 1.54) is 11.1 Å². The van der Waals surface area contributed by atoms with Crippen LogP contribution in [0.25, 0.3) is 22.9 Å². The number of carbonyl (C=O) groups excluding carboxylic acids is 1. The number of hydrogen-bond acceptors (Lipinski definition) is 6. The van der Waals surface area contributed by atoms with Gasteiger partial charge in [0.25, 0.3) is 0 Å². The van der Waals surface area contributed by atoms with Crippen molar-refractivity contribution >= 4 is 16.8 Å². The molecule has 0 bridgehead atoms. The average molecular weight is 795 g/mol. The topological polar surface area (TPSA) is 91.4 Å². The molecule has 0 saturated heterocycles. The molecule has 1 aromatic carbocycles. The third kappa shape index (κ3) is 8.88. The fraction of sp³-hybridized carbons (Fsp3) is 0.200. The molecular formula is C35H35ClN7OOs. The number of nitrogens with zero attached hydrogens (tertiary/aromatic N) is 7. The molecule has 0 aliphatic rings. The monoisotopic (exact) mass is 796 g/mol. The van der Waals surface area contributed by atoms with Gasteiger partial charge >= 0.3 is 19.8 Å². The van der Waals surface area contributed by atoms with Gasteiger partial charge in [-0.2, -0.15) is 10.2 Å². The Balaban J connectivity index is 0.000000183. The van der Waals surface area contributed by atoms with Crippen LogP contribution in [0.1, 0.15) is 49.8 Å². The summed E-state index contributed by atoms with van der Waals surface area (Å²) in [5.41, 5.74) is 10.0. The van der Waals surface area contributed by atoms with E-state index in [9.17, 15) is 4.79 Å². The third-order valence-electron chi connectivity index (χ3n) is 7.26. The summed E-state index contributed by atoms with van der Waals surface area (Å²) in [7, 11) is 0. The molecule has 0 atom stereocenters. The van der Waals surface area contributed by atoms with Crippen molar-refractivity contribution in [3.63, 3.8) is 0 Å². The third-order valence-corrected chi connectivity index (χ3v) is 7.48. The molecule has 0 spiro atoms. The number of aryl methyl sites for hydroxylation is 3. The van der Waals surface area contributed by atoms with E-state index >= 15 is 0 Å². The molecule has 0 saturated carbocycles. The van der Waals surface area contributed by atoms with Gasteiger partial charge in [-0.05, 0) is 113 Å². The summed E-state index contributed by atoms with van der Waals surface area (Å²) in [6.07, 6.45) is 5.29. The van der Waals surface area contributed by atoms with E-state index in [4.69, 9.17) is 11.6 Å². The van der Waals surface area contributed by atoms with Gasteiger partial charge in [0.1, 0.15) is 0 Å². The Morgan fingerprint density at radius 2 is 1.22 bits per heavy atom. The van der Waals surface area contributed by atoms with E-state index < -0.39 is 5.24 Å². The molecule has 231 valence electrons. The minimum Gasteiger partial charge on any atom is -0.305 e. The van der Waals surface area contributed by atoms with Crippen LogP contribution in [0, 0.1) is 54.5 Å². The van der Waals surface area contributed by atoms with Crippen LogP contribution in [-0.4, -0.2) is 39.8 Å². The molecule has 5 heterocycles. The van der Waals surface area contributed by atoms with Gasteiger partial charge in [0.15, 0.2) is 11.6 Å². The van der Waals surface area contributed by atoms with Crippen LogP contribution in [0.3, 0.4) is 0 Å². The molecule has 6 rings (SSSR count). The predicted octanol–water partition coefficient (Wildman–Crippen LogP) is 7.62. The number of halogens is 1. The summed E-state index contributed by atoms with van der Waals surface area (Å²) >= 11 is 5.42. The molecule has 0 fully saturated rings. The van der Waals surface area contributed by atoms with Gasteiger partial charge in [-0.3, -0.25) is 4.79 Å². The number of rotatable bonds is 4. The largest absolute Gasteiger partial charge is 1.00 e. The van der Waals surface area contributed by atoms with E-state index in [-0.39, 0.29) is 19.8 Å². The van der Waals surface area contributed by atoms with Crippen LogP contribution in [0.5, 0.6) is 0 Å². The zero-order valence-corrected chi connectivity index (χ0v) is 29.6. The Morgan fingerprint density at radius 1 is 0.689 bits per heavy atom. The zero-order valence-electron chi connectivity index (χ0n) is 26.4. The molecule has 10 heteroatoms. The Hall–Kier alpha value is -4.31. The van der Waals surface area contributed by atoms with E-state index in [0.717, 1.165) is 51.2 Å². The van der Waals surface area contributed by atoms with Crippen molar-refractivity contribution in [1.29, 1.82) is 0 Å². The number of benzene rings is 1. The maximum absolute atomic E-state index is 11.0. The second-order valence-electron chi connectivity index (χ2n) is 10.3. The summed E-state index contributed by atoms with van der Waals surface area (Å²) < 4.78 is 3.76. The molecule has 5 aromatic heterocycles. The van der Waals surface area contributed by atoms with Gasteiger partial charge < -0.3 is 4.98 Å². The van der Waals surface area contributed by atoms with Gasteiger partial charge in [0, 0.05) is 30.0 Å². The minimum absolute atomic E-state index is 0. The van der Waals surface area contributed by atoms with Gasteiger partial charge in [-0.25, -0.2) is 19.3 Å². The van der Waals surface area contributed by atoms with Crippen molar-refractivity contribution in [1.82, 2.24) is 34.5 Å². The van der Waals surface area contributed by atoms with Crippen molar-refractivity contribution in [2.45, 2.75) is 48.5 Å². The number of aromatic nitrogens is 7. The van der Waals surface area contributed by atoms with Crippen molar-refractivity contribution in [2.24, 2.45) is 0 Å². The van der Waals surface area contributed by atoms with E-state index in [1.54, 1.807) is 36.8 Å². The first-order chi connectivity index (χ1) is 21.1. The molecule has 1 radical (unpaired) electrons. The summed E-state index contributed by atoms with van der Waals surface area (Å²) in [4.78, 5) is 23.8. The molecule has 8 nitrogen and oxygen atoms in total. The van der Waals surface area contributed by atoms with Crippen LogP contribution < -0.4 is 0 Å². The van der Waals surface area contributed by atoms with E-state index in [1.807, 2.05) is 78.7 Å². The Labute approximate surface area is 282 Å². The number of hydrogen-bond donors (Lipinski definition) is 0. The first-order valence-corrected chi connectivity index (χ1v) is 14.5. The second kappa shape index (κ2) is 16.1. The standard InChI is InChI=1S/C13H9ClNO.2C11H13N3.Os/c1-9-5-6-15-12(7-9)10-3-2-4-11(8-10)13(14)16;2*1-8-9(2)13-14(10(8)3)11-6-4-5-7-12-11;/h2,4-8H,1H3;2*4-7H,1-3H3;/q-1;;;+1. The van der Waals surface area contributed by atoms with Crippen LogP contribution >= 0.6 is 11.6 Å². The van der Waals surface area contributed by atoms with Gasteiger partial charge in [0.2, 0.25) is 5.24 Å². The Kier molecular flexibility index (Phi) is 12.6. The van der Waals surface area contributed by atoms with Crippen LogP contribution in [-0.2, 0) is 19.8 Å². The zero-order chi connectivity index (χ0) is 31.8. The van der Waals surface area contributed by atoms with Crippen LogP contribution in [0.15, 0.2) is 85.3 Å². The van der Waals surface area contributed by atoms with Gasteiger partial charge in [-0.1, -0.05) is 23.8 Å². The van der Waals surface area contributed by atoms with Crippen molar-refractivity contribution in [2.75, 3.05) is 0 Å². The van der Waals surface area contributed by atoms with Gasteiger partial charge in [0.05, 0.1) is 11.4 Å². The molecular weight excluding hydrogens is 760 g/mol.